The summed E-state index contributed by atoms with van der Waals surface area (Å²) in [4.78, 5) is 21.3. The topological polar surface area (TPSA) is 65.5 Å². The Morgan fingerprint density at radius 1 is 0.636 bits per heavy atom. The van der Waals surface area contributed by atoms with Crippen LogP contribution in [-0.4, -0.2) is 68.1 Å². The monoisotopic (exact) mass is 747 g/mol. The third-order valence-electron chi connectivity index (χ3n) is 10.7. The first-order valence-corrected chi connectivity index (χ1v) is 20.2. The fourth-order valence-electron chi connectivity index (χ4n) is 8.26. The summed E-state index contributed by atoms with van der Waals surface area (Å²) >= 11 is 0. The fraction of sp³-hybridized carbons (Fsp3) is 0.479. The molecule has 296 valence electrons. The van der Waals surface area contributed by atoms with Crippen molar-refractivity contribution in [2.45, 2.75) is 130 Å². The van der Waals surface area contributed by atoms with Crippen LogP contribution in [0.15, 0.2) is 121 Å². The van der Waals surface area contributed by atoms with E-state index in [1.165, 1.54) is 11.1 Å². The van der Waals surface area contributed by atoms with Gasteiger partial charge in [0.15, 0.2) is 0 Å². The van der Waals surface area contributed by atoms with Crippen LogP contribution >= 0.6 is 0 Å². The standard InChI is InChI=1S/C48H65N3O4/c1-36(2)29-42(49(31-38-21-13-9-14-22-38)32-39-23-15-10-16-24-39)44(52)45(55-46(53)51-47(5,6)35-54-48(51,7)8)43(30-37(3)4)50(33-40-25-17-11-18-26-40)34-41-27-19-12-20-28-41/h9-28,36-37,42-45,52H,29-35H2,1-8H3/t42-,43-,44-,45+/m0/s1. The van der Waals surface area contributed by atoms with Gasteiger partial charge < -0.3 is 14.6 Å². The number of aliphatic hydroxyl groups excluding tert-OH is 1. The van der Waals surface area contributed by atoms with Crippen molar-refractivity contribution in [1.29, 1.82) is 0 Å². The lowest BCUT2D eigenvalue weighted by Crippen LogP contribution is -2.60. The number of rotatable bonds is 18. The SMILES string of the molecule is CC(C)C[C@@H]([C@H](O)[C@H](OC(=O)N1C(C)(C)COC1(C)C)[C@H](CC(C)C)N(Cc1ccccc1)Cc1ccccc1)N(Cc1ccccc1)Cc1ccccc1. The average molecular weight is 748 g/mol. The van der Waals surface area contributed by atoms with Crippen LogP contribution in [-0.2, 0) is 35.7 Å². The number of aliphatic hydroxyl groups is 1. The van der Waals surface area contributed by atoms with E-state index in [9.17, 15) is 9.90 Å². The molecule has 1 amide bonds. The van der Waals surface area contributed by atoms with E-state index in [1.54, 1.807) is 4.90 Å². The maximum atomic E-state index is 14.8. The maximum Gasteiger partial charge on any atom is 0.413 e. The Balaban J connectivity index is 1.65. The molecule has 4 aromatic carbocycles. The molecule has 5 rings (SSSR count). The summed E-state index contributed by atoms with van der Waals surface area (Å²) in [6.45, 7) is 19.6. The predicted octanol–water partition coefficient (Wildman–Crippen LogP) is 9.93. The number of benzene rings is 4. The van der Waals surface area contributed by atoms with Crippen molar-refractivity contribution >= 4 is 6.09 Å². The zero-order chi connectivity index (χ0) is 39.6. The van der Waals surface area contributed by atoms with Crippen molar-refractivity contribution in [2.24, 2.45) is 11.8 Å². The maximum absolute atomic E-state index is 14.8. The van der Waals surface area contributed by atoms with Gasteiger partial charge in [-0.15, -0.1) is 0 Å². The highest BCUT2D eigenvalue weighted by molar-refractivity contribution is 5.70. The number of nitrogens with zero attached hydrogens (tertiary/aromatic N) is 3. The van der Waals surface area contributed by atoms with Crippen LogP contribution in [0, 0.1) is 11.8 Å². The molecule has 1 N–H and O–H groups in total. The molecule has 1 saturated heterocycles. The zero-order valence-corrected chi connectivity index (χ0v) is 34.5. The Hall–Kier alpha value is -4.01. The molecule has 0 aromatic heterocycles. The van der Waals surface area contributed by atoms with Gasteiger partial charge in [0, 0.05) is 32.2 Å². The second-order valence-corrected chi connectivity index (χ2v) is 17.4. The summed E-state index contributed by atoms with van der Waals surface area (Å²) in [5.41, 5.74) is 3.19. The Morgan fingerprint density at radius 2 is 0.982 bits per heavy atom. The van der Waals surface area contributed by atoms with E-state index >= 15 is 0 Å². The van der Waals surface area contributed by atoms with Crippen LogP contribution in [0.3, 0.4) is 0 Å². The molecule has 0 bridgehead atoms. The molecule has 4 atom stereocenters. The average Bonchev–Trinajstić information content (AvgIpc) is 3.38. The molecule has 55 heavy (non-hydrogen) atoms. The molecule has 7 heteroatoms. The minimum absolute atomic E-state index is 0.253. The quantitative estimate of drug-likeness (QED) is 0.109. The number of ether oxygens (including phenoxy) is 2. The van der Waals surface area contributed by atoms with Crippen LogP contribution in [0.4, 0.5) is 4.79 Å². The van der Waals surface area contributed by atoms with Gasteiger partial charge in [-0.05, 0) is 74.6 Å². The predicted molar refractivity (Wildman–Crippen MR) is 223 cm³/mol. The highest BCUT2D eigenvalue weighted by Gasteiger charge is 2.52. The van der Waals surface area contributed by atoms with Crippen molar-refractivity contribution in [3.8, 4) is 0 Å². The summed E-state index contributed by atoms with van der Waals surface area (Å²) in [5.74, 6) is 0.520. The largest absolute Gasteiger partial charge is 0.442 e. The number of amides is 1. The molecule has 0 radical (unpaired) electrons. The highest BCUT2D eigenvalue weighted by Crippen LogP contribution is 2.37. The molecule has 0 unspecified atom stereocenters. The van der Waals surface area contributed by atoms with Crippen molar-refractivity contribution < 1.29 is 19.4 Å². The van der Waals surface area contributed by atoms with Crippen molar-refractivity contribution in [3.05, 3.63) is 144 Å². The molecule has 4 aromatic rings. The molecule has 1 aliphatic rings. The van der Waals surface area contributed by atoms with Gasteiger partial charge in [0.2, 0.25) is 0 Å². The van der Waals surface area contributed by atoms with Crippen molar-refractivity contribution in [1.82, 2.24) is 14.7 Å². The summed E-state index contributed by atoms with van der Waals surface area (Å²) < 4.78 is 13.1. The second-order valence-electron chi connectivity index (χ2n) is 17.4. The number of hydrogen-bond donors (Lipinski definition) is 1. The molecule has 1 heterocycles. The van der Waals surface area contributed by atoms with Crippen LogP contribution in [0.5, 0.6) is 0 Å². The van der Waals surface area contributed by atoms with E-state index in [0.717, 1.165) is 11.1 Å². The van der Waals surface area contributed by atoms with E-state index < -0.39 is 29.6 Å². The summed E-state index contributed by atoms with van der Waals surface area (Å²) in [5, 5.41) is 13.3. The number of carbonyl (C=O) groups excluding carboxylic acids is 1. The van der Waals surface area contributed by atoms with Gasteiger partial charge in [-0.25, -0.2) is 4.79 Å². The van der Waals surface area contributed by atoms with Gasteiger partial charge in [-0.3, -0.25) is 14.7 Å². The molecule has 1 aliphatic heterocycles. The third-order valence-corrected chi connectivity index (χ3v) is 10.7. The zero-order valence-electron chi connectivity index (χ0n) is 34.5. The van der Waals surface area contributed by atoms with Gasteiger partial charge >= 0.3 is 6.09 Å². The summed E-state index contributed by atoms with van der Waals surface area (Å²) in [7, 11) is 0. The number of carbonyl (C=O) groups is 1. The molecular formula is C48H65N3O4. The Kier molecular flexibility index (Phi) is 14.7. The lowest BCUT2D eigenvalue weighted by molar-refractivity contribution is -0.115. The highest BCUT2D eigenvalue weighted by atomic mass is 16.6. The molecule has 0 aliphatic carbocycles. The Labute approximate surface area is 331 Å². The Bertz CT molecular complexity index is 1620. The van der Waals surface area contributed by atoms with Gasteiger partial charge in [0.05, 0.1) is 18.2 Å². The normalized spacial score (nSPS) is 17.4. The molecule has 1 fully saturated rings. The summed E-state index contributed by atoms with van der Waals surface area (Å²) in [6.07, 6.45) is -0.932. The van der Waals surface area contributed by atoms with Gasteiger partial charge in [0.1, 0.15) is 17.9 Å². The fourth-order valence-corrected chi connectivity index (χ4v) is 8.26. The molecular weight excluding hydrogens is 683 g/mol. The van der Waals surface area contributed by atoms with E-state index in [4.69, 9.17) is 9.47 Å². The minimum Gasteiger partial charge on any atom is -0.442 e. The van der Waals surface area contributed by atoms with Crippen LogP contribution in [0.25, 0.3) is 0 Å². The first kappa shape index (κ1) is 42.1. The third kappa shape index (κ3) is 11.7. The lowest BCUT2D eigenvalue weighted by atomic mass is 9.87. The second kappa shape index (κ2) is 19.2. The first-order valence-electron chi connectivity index (χ1n) is 20.2. The summed E-state index contributed by atoms with van der Waals surface area (Å²) in [6, 6.07) is 41.3. The molecule has 7 nitrogen and oxygen atoms in total. The van der Waals surface area contributed by atoms with Gasteiger partial charge in [-0.1, -0.05) is 149 Å². The lowest BCUT2D eigenvalue weighted by Gasteiger charge is -2.46. The molecule has 0 spiro atoms. The van der Waals surface area contributed by atoms with E-state index in [1.807, 2.05) is 52.0 Å². The molecule has 0 saturated carbocycles. The van der Waals surface area contributed by atoms with Gasteiger partial charge in [-0.2, -0.15) is 0 Å². The van der Waals surface area contributed by atoms with Crippen LogP contribution in [0.1, 0.15) is 90.5 Å². The number of hydrogen-bond acceptors (Lipinski definition) is 6. The van der Waals surface area contributed by atoms with Crippen LogP contribution < -0.4 is 0 Å². The first-order chi connectivity index (χ1) is 26.2. The van der Waals surface area contributed by atoms with Crippen molar-refractivity contribution in [2.75, 3.05) is 6.61 Å². The van der Waals surface area contributed by atoms with Crippen molar-refractivity contribution in [3.63, 3.8) is 0 Å². The van der Waals surface area contributed by atoms with E-state index in [0.29, 0.717) is 45.6 Å². The Morgan fingerprint density at radius 3 is 1.31 bits per heavy atom. The van der Waals surface area contributed by atoms with Crippen LogP contribution in [0.2, 0.25) is 0 Å². The minimum atomic E-state index is -1.02. The van der Waals surface area contributed by atoms with E-state index in [2.05, 4.69) is 135 Å². The smallest absolute Gasteiger partial charge is 0.413 e. The van der Waals surface area contributed by atoms with Gasteiger partial charge in [0.25, 0.3) is 0 Å². The van der Waals surface area contributed by atoms with E-state index in [-0.39, 0.29) is 23.9 Å².